The third-order valence-corrected chi connectivity index (χ3v) is 5.70. The van der Waals surface area contributed by atoms with Crippen LogP contribution in [0.1, 0.15) is 73.6 Å². The van der Waals surface area contributed by atoms with Crippen LogP contribution in [0, 0.1) is 22.7 Å². The highest BCUT2D eigenvalue weighted by Crippen LogP contribution is 2.50. The Morgan fingerprint density at radius 3 is 2.06 bits per heavy atom. The molecule has 0 radical (unpaired) electrons. The number of hydrogen-bond acceptors (Lipinski definition) is 0. The first kappa shape index (κ1) is 14.8. The molecule has 0 aromatic rings. The van der Waals surface area contributed by atoms with Gasteiger partial charge in [-0.3, -0.25) is 0 Å². The number of hydrogen-bond donors (Lipinski definition) is 0. The molecule has 1 saturated carbocycles. The first-order valence-corrected chi connectivity index (χ1v) is 7.42. The molecule has 1 rings (SSSR count). The Kier molecular flexibility index (Phi) is 4.49. The third kappa shape index (κ3) is 3.14. The van der Waals surface area contributed by atoms with E-state index in [2.05, 4.69) is 48.1 Å². The predicted molar refractivity (Wildman–Crippen MR) is 78.1 cm³/mol. The van der Waals surface area contributed by atoms with Gasteiger partial charge in [-0.15, -0.1) is 0 Å². The minimum atomic E-state index is 0.430. The van der Waals surface area contributed by atoms with Crippen LogP contribution in [-0.2, 0) is 0 Å². The summed E-state index contributed by atoms with van der Waals surface area (Å²) in [5.74, 6) is 1.62. The minimum Gasteiger partial charge on any atom is -0.0996 e. The van der Waals surface area contributed by atoms with Crippen LogP contribution in [0.25, 0.3) is 0 Å². The smallest absolute Gasteiger partial charge is 0.0152 e. The first-order chi connectivity index (χ1) is 7.74. The van der Waals surface area contributed by atoms with Crippen LogP contribution in [0.15, 0.2) is 12.2 Å². The molecule has 1 fully saturated rings. The molecule has 0 saturated heterocycles. The summed E-state index contributed by atoms with van der Waals surface area (Å²) in [6.07, 6.45) is 6.53. The zero-order valence-electron chi connectivity index (χ0n) is 12.9. The lowest BCUT2D eigenvalue weighted by molar-refractivity contribution is 0.0942. The van der Waals surface area contributed by atoms with E-state index in [0.29, 0.717) is 10.8 Å². The maximum Gasteiger partial charge on any atom is -0.0152 e. The molecule has 1 aliphatic rings. The van der Waals surface area contributed by atoms with E-state index in [4.69, 9.17) is 0 Å². The van der Waals surface area contributed by atoms with Gasteiger partial charge in [-0.25, -0.2) is 0 Å². The average Bonchev–Trinajstić information content (AvgIpc) is 2.29. The largest absolute Gasteiger partial charge is 0.0996 e. The van der Waals surface area contributed by atoms with E-state index in [-0.39, 0.29) is 0 Å². The van der Waals surface area contributed by atoms with E-state index in [1.54, 1.807) is 0 Å². The van der Waals surface area contributed by atoms with Gasteiger partial charge in [0.1, 0.15) is 0 Å². The summed E-state index contributed by atoms with van der Waals surface area (Å²) in [6, 6.07) is 0. The van der Waals surface area contributed by atoms with Crippen molar-refractivity contribution in [3.05, 3.63) is 12.2 Å². The van der Waals surface area contributed by atoms with Gasteiger partial charge in [0.15, 0.2) is 0 Å². The Morgan fingerprint density at radius 1 is 1.06 bits per heavy atom. The summed E-state index contributed by atoms with van der Waals surface area (Å²) in [4.78, 5) is 0. The monoisotopic (exact) mass is 236 g/mol. The fourth-order valence-electron chi connectivity index (χ4n) is 3.22. The Hall–Kier alpha value is -0.260. The average molecular weight is 236 g/mol. The topological polar surface area (TPSA) is 0 Å². The zero-order chi connectivity index (χ0) is 13.3. The van der Waals surface area contributed by atoms with Crippen LogP contribution >= 0.6 is 0 Å². The highest BCUT2D eigenvalue weighted by atomic mass is 14.4. The summed E-state index contributed by atoms with van der Waals surface area (Å²) < 4.78 is 0. The molecule has 0 heterocycles. The molecule has 2 unspecified atom stereocenters. The van der Waals surface area contributed by atoms with Crippen molar-refractivity contribution in [3.8, 4) is 0 Å². The van der Waals surface area contributed by atoms with Crippen LogP contribution in [-0.4, -0.2) is 0 Å². The molecular weight excluding hydrogens is 204 g/mol. The SMILES string of the molecule is C=C1CCC(C(C)(C)CC)CC1C(C)(C)CC. The molecule has 0 aliphatic heterocycles. The predicted octanol–water partition coefficient (Wildman–Crippen LogP) is 5.83. The van der Waals surface area contributed by atoms with Crippen molar-refractivity contribution in [3.63, 3.8) is 0 Å². The second kappa shape index (κ2) is 5.16. The quantitative estimate of drug-likeness (QED) is 0.539. The summed E-state index contributed by atoms with van der Waals surface area (Å²) in [7, 11) is 0. The van der Waals surface area contributed by atoms with Crippen molar-refractivity contribution in [2.75, 3.05) is 0 Å². The molecule has 2 atom stereocenters. The van der Waals surface area contributed by atoms with E-state index in [1.807, 2.05) is 0 Å². The Bertz CT molecular complexity index is 270. The first-order valence-electron chi connectivity index (χ1n) is 7.42. The Morgan fingerprint density at radius 2 is 1.59 bits per heavy atom. The highest BCUT2D eigenvalue weighted by Gasteiger charge is 2.39. The minimum absolute atomic E-state index is 0.430. The van der Waals surface area contributed by atoms with Gasteiger partial charge in [-0.2, -0.15) is 0 Å². The van der Waals surface area contributed by atoms with Crippen molar-refractivity contribution in [2.24, 2.45) is 22.7 Å². The van der Waals surface area contributed by atoms with Crippen LogP contribution < -0.4 is 0 Å². The number of rotatable bonds is 4. The van der Waals surface area contributed by atoms with Gasteiger partial charge in [0.25, 0.3) is 0 Å². The van der Waals surface area contributed by atoms with Gasteiger partial charge >= 0.3 is 0 Å². The lowest BCUT2D eigenvalue weighted by Gasteiger charge is -2.46. The molecule has 0 bridgehead atoms. The van der Waals surface area contributed by atoms with E-state index < -0.39 is 0 Å². The van der Waals surface area contributed by atoms with E-state index in [9.17, 15) is 0 Å². The maximum atomic E-state index is 4.35. The molecule has 0 spiro atoms. The molecular formula is C17H32. The molecule has 1 aliphatic carbocycles. The van der Waals surface area contributed by atoms with Crippen molar-refractivity contribution >= 4 is 0 Å². The van der Waals surface area contributed by atoms with Gasteiger partial charge in [-0.05, 0) is 41.9 Å². The zero-order valence-corrected chi connectivity index (χ0v) is 12.9. The summed E-state index contributed by atoms with van der Waals surface area (Å²) in [5.41, 5.74) is 2.45. The standard InChI is InChI=1S/C17H32/c1-8-16(4,5)14-11-10-13(3)15(12-14)17(6,7)9-2/h14-15H,3,8-12H2,1-2,4-7H3. The summed E-state index contributed by atoms with van der Waals surface area (Å²) in [6.45, 7) is 18.7. The number of allylic oxidation sites excluding steroid dienone is 1. The molecule has 0 aromatic carbocycles. The van der Waals surface area contributed by atoms with Gasteiger partial charge in [0.05, 0.1) is 0 Å². The fraction of sp³-hybridized carbons (Fsp3) is 0.882. The van der Waals surface area contributed by atoms with Gasteiger partial charge < -0.3 is 0 Å². The van der Waals surface area contributed by atoms with Gasteiger partial charge in [0.2, 0.25) is 0 Å². The second-order valence-electron chi connectivity index (χ2n) is 7.37. The Labute approximate surface area is 109 Å². The maximum absolute atomic E-state index is 4.35. The van der Waals surface area contributed by atoms with Crippen molar-refractivity contribution in [2.45, 2.75) is 73.6 Å². The molecule has 0 aromatic heterocycles. The van der Waals surface area contributed by atoms with Crippen molar-refractivity contribution in [1.29, 1.82) is 0 Å². The lowest BCUT2D eigenvalue weighted by atomic mass is 9.59. The van der Waals surface area contributed by atoms with Crippen LogP contribution in [0.5, 0.6) is 0 Å². The van der Waals surface area contributed by atoms with Crippen molar-refractivity contribution in [1.82, 2.24) is 0 Å². The van der Waals surface area contributed by atoms with Gasteiger partial charge in [0, 0.05) is 0 Å². The van der Waals surface area contributed by atoms with Crippen molar-refractivity contribution < 1.29 is 0 Å². The molecule has 0 N–H and O–H groups in total. The van der Waals surface area contributed by atoms with Crippen LogP contribution in [0.4, 0.5) is 0 Å². The van der Waals surface area contributed by atoms with E-state index in [1.165, 1.54) is 37.7 Å². The summed E-state index contributed by atoms with van der Waals surface area (Å²) >= 11 is 0. The molecule has 0 nitrogen and oxygen atoms in total. The molecule has 0 amide bonds. The Balaban J connectivity index is 2.83. The highest BCUT2D eigenvalue weighted by molar-refractivity contribution is 5.10. The third-order valence-electron chi connectivity index (χ3n) is 5.70. The van der Waals surface area contributed by atoms with Gasteiger partial charge in [-0.1, -0.05) is 66.5 Å². The van der Waals surface area contributed by atoms with Crippen LogP contribution in [0.3, 0.4) is 0 Å². The van der Waals surface area contributed by atoms with E-state index >= 15 is 0 Å². The molecule has 0 heteroatoms. The lowest BCUT2D eigenvalue weighted by Crippen LogP contribution is -2.35. The fourth-order valence-corrected chi connectivity index (χ4v) is 3.22. The van der Waals surface area contributed by atoms with Crippen LogP contribution in [0.2, 0.25) is 0 Å². The summed E-state index contributed by atoms with van der Waals surface area (Å²) in [5, 5.41) is 0. The molecule has 100 valence electrons. The normalized spacial score (nSPS) is 27.3. The second-order valence-corrected chi connectivity index (χ2v) is 7.37. The molecule has 17 heavy (non-hydrogen) atoms. The van der Waals surface area contributed by atoms with E-state index in [0.717, 1.165) is 11.8 Å².